The number of hydrogen-bond acceptors (Lipinski definition) is 1. The summed E-state index contributed by atoms with van der Waals surface area (Å²) in [4.78, 5) is 0. The minimum atomic E-state index is -3.18. The lowest BCUT2D eigenvalue weighted by atomic mass is 10.1. The van der Waals surface area contributed by atoms with Crippen LogP contribution in [-0.2, 0) is 4.74 Å². The third-order valence-corrected chi connectivity index (χ3v) is 3.23. The number of ether oxygens (including phenoxy) is 1. The summed E-state index contributed by atoms with van der Waals surface area (Å²) in [5, 5.41) is -3.18. The Balaban J connectivity index is 3.08. The number of halogens is 3. The van der Waals surface area contributed by atoms with E-state index in [0.29, 0.717) is 6.42 Å². The molecule has 0 atom stereocenters. The van der Waals surface area contributed by atoms with Gasteiger partial charge in [0.1, 0.15) is 0 Å². The SMILES string of the molecule is CCCCOCCCCCCCCC/C=C/C(F)(F)Cl. The van der Waals surface area contributed by atoms with Gasteiger partial charge in [0.15, 0.2) is 0 Å². The molecule has 20 heavy (non-hydrogen) atoms. The molecule has 0 spiro atoms. The molecular formula is C16H29ClF2O. The number of hydrogen-bond donors (Lipinski definition) is 0. The van der Waals surface area contributed by atoms with Crippen LogP contribution in [0, 0.1) is 0 Å². The van der Waals surface area contributed by atoms with Crippen molar-refractivity contribution in [1.82, 2.24) is 0 Å². The second kappa shape index (κ2) is 13.8. The Morgan fingerprint density at radius 2 is 1.45 bits per heavy atom. The van der Waals surface area contributed by atoms with E-state index >= 15 is 0 Å². The van der Waals surface area contributed by atoms with E-state index in [-0.39, 0.29) is 0 Å². The summed E-state index contributed by atoms with van der Waals surface area (Å²) in [7, 11) is 0. The van der Waals surface area contributed by atoms with Gasteiger partial charge in [0.2, 0.25) is 0 Å². The lowest BCUT2D eigenvalue weighted by Crippen LogP contribution is -1.98. The monoisotopic (exact) mass is 310 g/mol. The van der Waals surface area contributed by atoms with Gasteiger partial charge in [-0.2, -0.15) is 8.78 Å². The zero-order valence-corrected chi connectivity index (χ0v) is 13.4. The highest BCUT2D eigenvalue weighted by atomic mass is 35.5. The van der Waals surface area contributed by atoms with Crippen molar-refractivity contribution in [2.75, 3.05) is 13.2 Å². The smallest absolute Gasteiger partial charge is 0.341 e. The predicted molar refractivity (Wildman–Crippen MR) is 82.6 cm³/mol. The third-order valence-electron chi connectivity index (χ3n) is 3.11. The number of allylic oxidation sites excluding steroid dienone is 2. The van der Waals surface area contributed by atoms with E-state index in [1.165, 1.54) is 38.2 Å². The molecular weight excluding hydrogens is 282 g/mol. The zero-order chi connectivity index (χ0) is 15.1. The molecule has 4 heteroatoms. The van der Waals surface area contributed by atoms with E-state index in [1.54, 1.807) is 0 Å². The van der Waals surface area contributed by atoms with Gasteiger partial charge in [0.05, 0.1) is 0 Å². The topological polar surface area (TPSA) is 9.23 Å². The van der Waals surface area contributed by atoms with Gasteiger partial charge in [-0.25, -0.2) is 0 Å². The second-order valence-corrected chi connectivity index (χ2v) is 5.68. The average Bonchev–Trinajstić information content (AvgIpc) is 2.38. The first-order chi connectivity index (χ1) is 9.56. The lowest BCUT2D eigenvalue weighted by molar-refractivity contribution is 0.127. The van der Waals surface area contributed by atoms with Crippen LogP contribution in [0.2, 0.25) is 0 Å². The quantitative estimate of drug-likeness (QED) is 0.207. The normalized spacial score (nSPS) is 12.4. The fourth-order valence-electron chi connectivity index (χ4n) is 1.92. The molecule has 0 aromatic heterocycles. The molecule has 0 amide bonds. The molecule has 0 rings (SSSR count). The zero-order valence-electron chi connectivity index (χ0n) is 12.7. The Labute approximate surface area is 127 Å². The van der Waals surface area contributed by atoms with Crippen molar-refractivity contribution in [2.45, 2.75) is 76.5 Å². The fourth-order valence-corrected chi connectivity index (χ4v) is 2.00. The molecule has 0 fully saturated rings. The van der Waals surface area contributed by atoms with Crippen LogP contribution < -0.4 is 0 Å². The molecule has 0 bridgehead atoms. The summed E-state index contributed by atoms with van der Waals surface area (Å²) < 4.78 is 30.0. The van der Waals surface area contributed by atoms with Crippen LogP contribution in [0.1, 0.15) is 71.1 Å². The first-order valence-corrected chi connectivity index (χ1v) is 8.26. The van der Waals surface area contributed by atoms with E-state index in [0.717, 1.165) is 45.0 Å². The highest BCUT2D eigenvalue weighted by Crippen LogP contribution is 2.20. The van der Waals surface area contributed by atoms with Gasteiger partial charge in [-0.1, -0.05) is 51.5 Å². The molecule has 1 nitrogen and oxygen atoms in total. The maximum Gasteiger partial charge on any atom is 0.341 e. The molecule has 0 heterocycles. The van der Waals surface area contributed by atoms with Crippen LogP contribution in [0.5, 0.6) is 0 Å². The Hall–Kier alpha value is -0.150. The van der Waals surface area contributed by atoms with Crippen LogP contribution in [-0.4, -0.2) is 18.6 Å². The number of alkyl halides is 3. The van der Waals surface area contributed by atoms with Crippen molar-refractivity contribution in [3.8, 4) is 0 Å². The predicted octanol–water partition coefficient (Wildman–Crippen LogP) is 6.31. The standard InChI is InChI=1S/C16H29ClF2O/c1-2-3-14-20-15-12-10-8-6-4-5-7-9-11-13-16(17,18)19/h11,13H,2-10,12,14-15H2,1H3/b13-11+. The van der Waals surface area contributed by atoms with Gasteiger partial charge in [0.25, 0.3) is 0 Å². The van der Waals surface area contributed by atoms with Gasteiger partial charge in [-0.3, -0.25) is 0 Å². The van der Waals surface area contributed by atoms with Crippen LogP contribution >= 0.6 is 11.6 Å². The molecule has 0 saturated heterocycles. The average molecular weight is 311 g/mol. The van der Waals surface area contributed by atoms with Crippen LogP contribution in [0.3, 0.4) is 0 Å². The first kappa shape index (κ1) is 19.9. The number of rotatable bonds is 14. The summed E-state index contributed by atoms with van der Waals surface area (Å²) in [5.41, 5.74) is 0. The van der Waals surface area contributed by atoms with Crippen molar-refractivity contribution in [2.24, 2.45) is 0 Å². The van der Waals surface area contributed by atoms with Crippen molar-refractivity contribution < 1.29 is 13.5 Å². The minimum absolute atomic E-state index is 0.688. The van der Waals surface area contributed by atoms with Crippen molar-refractivity contribution in [3.05, 3.63) is 12.2 Å². The summed E-state index contributed by atoms with van der Waals surface area (Å²) in [6.07, 6.45) is 13.4. The van der Waals surface area contributed by atoms with Crippen molar-refractivity contribution in [1.29, 1.82) is 0 Å². The van der Waals surface area contributed by atoms with Crippen LogP contribution in [0.4, 0.5) is 8.78 Å². The molecule has 0 aromatic carbocycles. The largest absolute Gasteiger partial charge is 0.381 e. The molecule has 0 aliphatic rings. The minimum Gasteiger partial charge on any atom is -0.381 e. The van der Waals surface area contributed by atoms with Gasteiger partial charge in [-0.15, -0.1) is 0 Å². The second-order valence-electron chi connectivity index (χ2n) is 5.17. The molecule has 0 radical (unpaired) electrons. The van der Waals surface area contributed by atoms with Crippen LogP contribution in [0.25, 0.3) is 0 Å². The summed E-state index contributed by atoms with van der Waals surface area (Å²) >= 11 is 4.75. The molecule has 0 aliphatic carbocycles. The van der Waals surface area contributed by atoms with Gasteiger partial charge >= 0.3 is 5.38 Å². The van der Waals surface area contributed by atoms with E-state index < -0.39 is 5.38 Å². The van der Waals surface area contributed by atoms with Crippen molar-refractivity contribution >= 4 is 11.6 Å². The maximum atomic E-state index is 12.2. The Morgan fingerprint density at radius 3 is 2.05 bits per heavy atom. The third kappa shape index (κ3) is 17.8. The van der Waals surface area contributed by atoms with E-state index in [4.69, 9.17) is 16.3 Å². The molecule has 0 saturated carbocycles. The Morgan fingerprint density at radius 1 is 0.900 bits per heavy atom. The summed E-state index contributed by atoms with van der Waals surface area (Å²) in [6.45, 7) is 3.95. The summed E-state index contributed by atoms with van der Waals surface area (Å²) in [6, 6.07) is 0. The van der Waals surface area contributed by atoms with E-state index in [2.05, 4.69) is 6.92 Å². The van der Waals surface area contributed by atoms with Gasteiger partial charge in [-0.05, 0) is 43.4 Å². The van der Waals surface area contributed by atoms with Crippen molar-refractivity contribution in [3.63, 3.8) is 0 Å². The summed E-state index contributed by atoms with van der Waals surface area (Å²) in [5.74, 6) is 0. The van der Waals surface area contributed by atoms with Crippen LogP contribution in [0.15, 0.2) is 12.2 Å². The Kier molecular flexibility index (Phi) is 13.7. The molecule has 0 aliphatic heterocycles. The molecule has 0 unspecified atom stereocenters. The highest BCUT2D eigenvalue weighted by Gasteiger charge is 2.18. The lowest BCUT2D eigenvalue weighted by Gasteiger charge is -2.03. The molecule has 120 valence electrons. The number of unbranched alkanes of at least 4 members (excludes halogenated alkanes) is 8. The van der Waals surface area contributed by atoms with Gasteiger partial charge < -0.3 is 4.74 Å². The maximum absolute atomic E-state index is 12.2. The molecule has 0 N–H and O–H groups in total. The Bertz CT molecular complexity index is 227. The molecule has 0 aromatic rings. The van der Waals surface area contributed by atoms with E-state index in [9.17, 15) is 8.78 Å². The first-order valence-electron chi connectivity index (χ1n) is 7.88. The highest BCUT2D eigenvalue weighted by molar-refractivity contribution is 6.22. The van der Waals surface area contributed by atoms with Gasteiger partial charge in [0, 0.05) is 13.2 Å². The fraction of sp³-hybridized carbons (Fsp3) is 0.875. The van der Waals surface area contributed by atoms with E-state index in [1.807, 2.05) is 0 Å².